The van der Waals surface area contributed by atoms with Gasteiger partial charge in [-0.05, 0) is 26.2 Å². The van der Waals surface area contributed by atoms with Gasteiger partial charge in [0.25, 0.3) is 5.78 Å². The van der Waals surface area contributed by atoms with E-state index in [1.807, 2.05) is 6.92 Å². The molecule has 0 spiro atoms. The molecule has 2 aromatic rings. The first kappa shape index (κ1) is 14.3. The van der Waals surface area contributed by atoms with Crippen LogP contribution in [0.15, 0.2) is 6.33 Å². The van der Waals surface area contributed by atoms with E-state index in [2.05, 4.69) is 41.2 Å². The monoisotopic (exact) mass is 289 g/mol. The average molecular weight is 289 g/mol. The molecule has 2 atom stereocenters. The van der Waals surface area contributed by atoms with Crippen molar-refractivity contribution in [1.82, 2.24) is 19.6 Å². The lowest BCUT2D eigenvalue weighted by atomic mass is 9.93. The van der Waals surface area contributed by atoms with Crippen molar-refractivity contribution in [3.63, 3.8) is 0 Å². The third-order valence-corrected chi connectivity index (χ3v) is 4.36. The van der Waals surface area contributed by atoms with Gasteiger partial charge in [0, 0.05) is 30.3 Å². The lowest BCUT2D eigenvalue weighted by molar-refractivity contribution is 0.0566. The van der Waals surface area contributed by atoms with Crippen molar-refractivity contribution >= 4 is 11.6 Å². The summed E-state index contributed by atoms with van der Waals surface area (Å²) in [5.74, 6) is 2.72. The topological polar surface area (TPSA) is 64.3 Å². The van der Waals surface area contributed by atoms with E-state index in [9.17, 15) is 0 Å². The van der Waals surface area contributed by atoms with E-state index in [1.54, 1.807) is 10.8 Å². The number of aromatic nitrogens is 4. The second kappa shape index (κ2) is 5.60. The Kier molecular flexibility index (Phi) is 3.80. The first-order valence-electron chi connectivity index (χ1n) is 7.60. The van der Waals surface area contributed by atoms with Gasteiger partial charge in [0.05, 0.1) is 6.10 Å². The van der Waals surface area contributed by atoms with Crippen LogP contribution in [0.2, 0.25) is 0 Å². The molecule has 0 radical (unpaired) electrons. The van der Waals surface area contributed by atoms with Gasteiger partial charge in [0.1, 0.15) is 12.1 Å². The number of rotatable bonds is 4. The number of ether oxygens (including phenoxy) is 1. The first-order chi connectivity index (χ1) is 10.1. The molecule has 3 heterocycles. The summed E-state index contributed by atoms with van der Waals surface area (Å²) in [6.45, 7) is 10.3. The Hall–Kier alpha value is -1.69. The molecule has 6 nitrogen and oxygen atoms in total. The summed E-state index contributed by atoms with van der Waals surface area (Å²) < 4.78 is 7.64. The molecule has 21 heavy (non-hydrogen) atoms. The summed E-state index contributed by atoms with van der Waals surface area (Å²) in [4.78, 5) is 8.62. The zero-order valence-electron chi connectivity index (χ0n) is 13.1. The fraction of sp³-hybridized carbons (Fsp3) is 0.667. The number of hydrogen-bond acceptors (Lipinski definition) is 5. The Labute approximate surface area is 124 Å². The normalized spacial score (nSPS) is 22.3. The van der Waals surface area contributed by atoms with E-state index in [4.69, 9.17) is 4.74 Å². The SMILES string of the molecule is Cc1nc2ncnn2c(NC[C@H]2CCO[C@@H]2C(C)C)c1C. The minimum absolute atomic E-state index is 0.340. The summed E-state index contributed by atoms with van der Waals surface area (Å²) in [6.07, 6.45) is 2.99. The molecule has 1 aliphatic heterocycles. The second-order valence-electron chi connectivity index (χ2n) is 6.15. The number of nitrogens with zero attached hydrogens (tertiary/aromatic N) is 4. The van der Waals surface area contributed by atoms with E-state index in [0.29, 0.717) is 23.7 Å². The van der Waals surface area contributed by atoms with Crippen LogP contribution in [0.25, 0.3) is 5.78 Å². The highest BCUT2D eigenvalue weighted by Gasteiger charge is 2.30. The summed E-state index contributed by atoms with van der Waals surface area (Å²) in [5, 5.41) is 7.82. The van der Waals surface area contributed by atoms with Crippen LogP contribution in [0, 0.1) is 25.7 Å². The van der Waals surface area contributed by atoms with Crippen molar-refractivity contribution in [1.29, 1.82) is 0 Å². The van der Waals surface area contributed by atoms with Crippen molar-refractivity contribution in [2.45, 2.75) is 40.2 Å². The van der Waals surface area contributed by atoms with Crippen LogP contribution in [-0.4, -0.2) is 38.8 Å². The highest BCUT2D eigenvalue weighted by atomic mass is 16.5. The van der Waals surface area contributed by atoms with E-state index in [1.165, 1.54) is 0 Å². The second-order valence-corrected chi connectivity index (χ2v) is 6.15. The Morgan fingerprint density at radius 3 is 3.00 bits per heavy atom. The van der Waals surface area contributed by atoms with Gasteiger partial charge in [-0.15, -0.1) is 0 Å². The molecule has 1 fully saturated rings. The third-order valence-electron chi connectivity index (χ3n) is 4.36. The van der Waals surface area contributed by atoms with E-state index >= 15 is 0 Å². The van der Waals surface area contributed by atoms with Gasteiger partial charge in [0.15, 0.2) is 0 Å². The molecule has 1 aliphatic rings. The fourth-order valence-electron chi connectivity index (χ4n) is 3.08. The van der Waals surface area contributed by atoms with Crippen molar-refractivity contribution < 1.29 is 4.74 Å². The average Bonchev–Trinajstić information content (AvgIpc) is 3.07. The molecule has 0 saturated carbocycles. The number of aryl methyl sites for hydroxylation is 1. The smallest absolute Gasteiger partial charge is 0.254 e. The fourth-order valence-corrected chi connectivity index (χ4v) is 3.08. The van der Waals surface area contributed by atoms with Gasteiger partial charge in [-0.1, -0.05) is 13.8 Å². The maximum atomic E-state index is 5.85. The van der Waals surface area contributed by atoms with Crippen LogP contribution < -0.4 is 5.32 Å². The van der Waals surface area contributed by atoms with Gasteiger partial charge in [0.2, 0.25) is 0 Å². The predicted molar refractivity (Wildman–Crippen MR) is 81.4 cm³/mol. The van der Waals surface area contributed by atoms with Crippen LogP contribution in [0.3, 0.4) is 0 Å². The molecule has 1 N–H and O–H groups in total. The van der Waals surface area contributed by atoms with Gasteiger partial charge in [-0.2, -0.15) is 14.6 Å². The third kappa shape index (κ3) is 2.60. The largest absolute Gasteiger partial charge is 0.378 e. The number of fused-ring (bicyclic) bond motifs is 1. The molecule has 1 saturated heterocycles. The number of nitrogens with one attached hydrogen (secondary N) is 1. The molecule has 6 heteroatoms. The van der Waals surface area contributed by atoms with Crippen LogP contribution in [0.1, 0.15) is 31.5 Å². The first-order valence-corrected chi connectivity index (χ1v) is 7.60. The highest BCUT2D eigenvalue weighted by molar-refractivity contribution is 5.51. The van der Waals surface area contributed by atoms with E-state index < -0.39 is 0 Å². The van der Waals surface area contributed by atoms with Gasteiger partial charge >= 0.3 is 0 Å². The molecule has 0 amide bonds. The maximum Gasteiger partial charge on any atom is 0.254 e. The van der Waals surface area contributed by atoms with Crippen molar-refractivity contribution in [2.75, 3.05) is 18.5 Å². The Bertz CT molecular complexity index is 636. The minimum Gasteiger partial charge on any atom is -0.378 e. The summed E-state index contributed by atoms with van der Waals surface area (Å²) in [7, 11) is 0. The zero-order chi connectivity index (χ0) is 15.0. The summed E-state index contributed by atoms with van der Waals surface area (Å²) in [6, 6.07) is 0. The van der Waals surface area contributed by atoms with Gasteiger partial charge < -0.3 is 10.1 Å². The van der Waals surface area contributed by atoms with E-state index in [0.717, 1.165) is 36.6 Å². The number of anilines is 1. The molecule has 0 unspecified atom stereocenters. The quantitative estimate of drug-likeness (QED) is 0.935. The van der Waals surface area contributed by atoms with Crippen LogP contribution in [-0.2, 0) is 4.74 Å². The molecule has 3 rings (SSSR count). The molecule has 2 aromatic heterocycles. The molecule has 0 aromatic carbocycles. The van der Waals surface area contributed by atoms with Crippen LogP contribution in [0.5, 0.6) is 0 Å². The number of hydrogen-bond donors (Lipinski definition) is 1. The van der Waals surface area contributed by atoms with Crippen LogP contribution >= 0.6 is 0 Å². The molecule has 0 bridgehead atoms. The van der Waals surface area contributed by atoms with Crippen molar-refractivity contribution in [2.24, 2.45) is 11.8 Å². The van der Waals surface area contributed by atoms with E-state index in [-0.39, 0.29) is 0 Å². The molecular formula is C15H23N5O. The Balaban J connectivity index is 1.82. The van der Waals surface area contributed by atoms with Crippen LogP contribution in [0.4, 0.5) is 5.82 Å². The molecule has 114 valence electrons. The van der Waals surface area contributed by atoms with Gasteiger partial charge in [-0.25, -0.2) is 4.98 Å². The zero-order valence-corrected chi connectivity index (χ0v) is 13.1. The predicted octanol–water partition coefficient (Wildman–Crippen LogP) is 2.21. The summed E-state index contributed by atoms with van der Waals surface area (Å²) >= 11 is 0. The maximum absolute atomic E-state index is 5.85. The Morgan fingerprint density at radius 2 is 2.24 bits per heavy atom. The van der Waals surface area contributed by atoms with Crippen molar-refractivity contribution in [3.05, 3.63) is 17.6 Å². The standard InChI is InChI=1S/C15H23N5O/c1-9(2)13-12(5-6-21-13)7-16-14-10(3)11(4)19-15-17-8-18-20(14)15/h8-9,12-13,16H,5-7H2,1-4H3/t12-,13-/m1/s1. The lowest BCUT2D eigenvalue weighted by Crippen LogP contribution is -2.28. The highest BCUT2D eigenvalue weighted by Crippen LogP contribution is 2.27. The lowest BCUT2D eigenvalue weighted by Gasteiger charge is -2.23. The summed E-state index contributed by atoms with van der Waals surface area (Å²) in [5.41, 5.74) is 2.11. The molecular weight excluding hydrogens is 266 g/mol. The minimum atomic E-state index is 0.340. The van der Waals surface area contributed by atoms with Crippen molar-refractivity contribution in [3.8, 4) is 0 Å². The Morgan fingerprint density at radius 1 is 1.43 bits per heavy atom. The molecule has 0 aliphatic carbocycles. The van der Waals surface area contributed by atoms with Gasteiger partial charge in [-0.3, -0.25) is 0 Å².